The zero-order valence-corrected chi connectivity index (χ0v) is 14.4. The number of hydrogen-bond donors (Lipinski definition) is 1. The zero-order valence-electron chi connectivity index (χ0n) is 14.4. The summed E-state index contributed by atoms with van der Waals surface area (Å²) in [5, 5.41) is 2.87. The van der Waals surface area contributed by atoms with Crippen LogP contribution in [0.15, 0.2) is 30.5 Å². The lowest BCUT2D eigenvalue weighted by Gasteiger charge is -2.25. The molecule has 1 aromatic heterocycles. The Labute approximate surface area is 143 Å². The van der Waals surface area contributed by atoms with Crippen molar-refractivity contribution in [2.75, 3.05) is 33.7 Å². The van der Waals surface area contributed by atoms with Crippen LogP contribution in [0.25, 0.3) is 6.08 Å². The molecule has 2 rings (SSSR count). The predicted molar refractivity (Wildman–Crippen MR) is 94.2 cm³/mol. The highest BCUT2D eigenvalue weighted by Gasteiger charge is 2.30. The van der Waals surface area contributed by atoms with Gasteiger partial charge in [0.05, 0.1) is 11.7 Å². The Kier molecular flexibility index (Phi) is 6.93. The number of carbonyl (C=O) groups excluding carboxylic acids is 2. The van der Waals surface area contributed by atoms with Gasteiger partial charge in [0.15, 0.2) is 0 Å². The molecule has 1 fully saturated rings. The molecule has 0 saturated carbocycles. The van der Waals surface area contributed by atoms with Gasteiger partial charge in [0.1, 0.15) is 0 Å². The topological polar surface area (TPSA) is 65.5 Å². The Balaban J connectivity index is 1.68. The Bertz CT molecular complexity index is 572. The van der Waals surface area contributed by atoms with E-state index in [0.717, 1.165) is 38.0 Å². The maximum absolute atomic E-state index is 12.1. The van der Waals surface area contributed by atoms with Gasteiger partial charge in [0, 0.05) is 39.5 Å². The molecule has 1 N–H and O–H groups in total. The summed E-state index contributed by atoms with van der Waals surface area (Å²) in [6, 6.07) is 5.56. The Morgan fingerprint density at radius 3 is 2.96 bits per heavy atom. The van der Waals surface area contributed by atoms with Crippen LogP contribution in [0.5, 0.6) is 0 Å². The Morgan fingerprint density at radius 2 is 2.25 bits per heavy atom. The molecular formula is C18H26N4O2. The number of likely N-dealkylation sites (tertiary alicyclic amines) is 1. The molecule has 1 aromatic rings. The highest BCUT2D eigenvalue weighted by molar-refractivity contribution is 5.91. The van der Waals surface area contributed by atoms with Crippen LogP contribution in [0.3, 0.4) is 0 Å². The lowest BCUT2D eigenvalue weighted by atomic mass is 10.2. The third kappa shape index (κ3) is 5.45. The van der Waals surface area contributed by atoms with Crippen molar-refractivity contribution >= 4 is 17.9 Å². The summed E-state index contributed by atoms with van der Waals surface area (Å²) in [7, 11) is 3.60. The van der Waals surface area contributed by atoms with Gasteiger partial charge in [-0.2, -0.15) is 0 Å². The average Bonchev–Trinajstić information content (AvgIpc) is 3.05. The van der Waals surface area contributed by atoms with Crippen molar-refractivity contribution in [3.05, 3.63) is 36.2 Å². The number of pyridine rings is 1. The molecule has 0 spiro atoms. The minimum atomic E-state index is -0.122. The summed E-state index contributed by atoms with van der Waals surface area (Å²) in [5.74, 6) is 0.0535. The van der Waals surface area contributed by atoms with Crippen molar-refractivity contribution in [3.8, 4) is 0 Å². The quantitative estimate of drug-likeness (QED) is 0.602. The second kappa shape index (κ2) is 9.17. The third-order valence-electron chi connectivity index (χ3n) is 4.10. The van der Waals surface area contributed by atoms with Crippen LogP contribution < -0.4 is 5.32 Å². The first-order chi connectivity index (χ1) is 11.6. The second-order valence-corrected chi connectivity index (χ2v) is 6.16. The first-order valence-corrected chi connectivity index (χ1v) is 8.40. The summed E-state index contributed by atoms with van der Waals surface area (Å²) in [5.41, 5.74) is 0.759. The van der Waals surface area contributed by atoms with E-state index in [2.05, 4.69) is 15.2 Å². The van der Waals surface area contributed by atoms with Gasteiger partial charge in [0.25, 0.3) is 0 Å². The van der Waals surface area contributed by atoms with E-state index in [9.17, 15) is 9.59 Å². The van der Waals surface area contributed by atoms with Crippen molar-refractivity contribution < 1.29 is 9.59 Å². The summed E-state index contributed by atoms with van der Waals surface area (Å²) < 4.78 is 0. The molecule has 130 valence electrons. The number of hydrogen-bond acceptors (Lipinski definition) is 4. The van der Waals surface area contributed by atoms with E-state index in [1.54, 1.807) is 31.3 Å². The van der Waals surface area contributed by atoms with Crippen LogP contribution in [-0.4, -0.2) is 66.4 Å². The molecule has 2 amide bonds. The van der Waals surface area contributed by atoms with Gasteiger partial charge in [-0.3, -0.25) is 19.5 Å². The zero-order chi connectivity index (χ0) is 17.4. The van der Waals surface area contributed by atoms with E-state index in [0.29, 0.717) is 6.54 Å². The lowest BCUT2D eigenvalue weighted by molar-refractivity contribution is -0.133. The van der Waals surface area contributed by atoms with E-state index in [1.807, 2.05) is 18.2 Å². The summed E-state index contributed by atoms with van der Waals surface area (Å²) in [6.07, 6.45) is 7.71. The highest BCUT2D eigenvalue weighted by Crippen LogP contribution is 2.18. The summed E-state index contributed by atoms with van der Waals surface area (Å²) >= 11 is 0. The van der Waals surface area contributed by atoms with Crippen molar-refractivity contribution in [1.29, 1.82) is 0 Å². The SMILES string of the molecule is CN(C)C(=O)[C@@H]1CCCN1CCCNC(=O)/C=C/c1ccccn1. The van der Waals surface area contributed by atoms with Gasteiger partial charge in [0.2, 0.25) is 11.8 Å². The molecule has 2 heterocycles. The van der Waals surface area contributed by atoms with Crippen LogP contribution in [-0.2, 0) is 9.59 Å². The molecule has 24 heavy (non-hydrogen) atoms. The van der Waals surface area contributed by atoms with Crippen molar-refractivity contribution in [2.24, 2.45) is 0 Å². The standard InChI is InChI=1S/C18H26N4O2/c1-21(2)18(24)16-8-5-13-22(16)14-6-12-20-17(23)10-9-15-7-3-4-11-19-15/h3-4,7,9-11,16H,5-6,8,12-14H2,1-2H3,(H,20,23)/b10-9+/t16-/m0/s1. The fourth-order valence-corrected chi connectivity index (χ4v) is 2.86. The number of nitrogens with one attached hydrogen (secondary N) is 1. The van der Waals surface area contributed by atoms with Gasteiger partial charge < -0.3 is 10.2 Å². The first-order valence-electron chi connectivity index (χ1n) is 8.40. The van der Waals surface area contributed by atoms with E-state index in [4.69, 9.17) is 0 Å². The van der Waals surface area contributed by atoms with Crippen LogP contribution >= 0.6 is 0 Å². The second-order valence-electron chi connectivity index (χ2n) is 6.16. The van der Waals surface area contributed by atoms with Crippen LogP contribution in [0.1, 0.15) is 25.0 Å². The maximum atomic E-state index is 12.1. The molecule has 6 heteroatoms. The van der Waals surface area contributed by atoms with Crippen molar-refractivity contribution in [2.45, 2.75) is 25.3 Å². The fourth-order valence-electron chi connectivity index (χ4n) is 2.86. The van der Waals surface area contributed by atoms with Gasteiger partial charge in [-0.25, -0.2) is 0 Å². The highest BCUT2D eigenvalue weighted by atomic mass is 16.2. The fraction of sp³-hybridized carbons (Fsp3) is 0.500. The first kappa shape index (κ1) is 18.1. The minimum Gasteiger partial charge on any atom is -0.353 e. The van der Waals surface area contributed by atoms with Crippen LogP contribution in [0.4, 0.5) is 0 Å². The number of nitrogens with zero attached hydrogens (tertiary/aromatic N) is 3. The molecule has 0 radical (unpaired) electrons. The van der Waals surface area contributed by atoms with E-state index >= 15 is 0 Å². The molecule has 0 aromatic carbocycles. The van der Waals surface area contributed by atoms with Gasteiger partial charge >= 0.3 is 0 Å². The average molecular weight is 330 g/mol. The molecule has 0 bridgehead atoms. The van der Waals surface area contributed by atoms with Crippen LogP contribution in [0.2, 0.25) is 0 Å². The van der Waals surface area contributed by atoms with E-state index < -0.39 is 0 Å². The molecule has 0 aliphatic carbocycles. The smallest absolute Gasteiger partial charge is 0.244 e. The van der Waals surface area contributed by atoms with E-state index in [1.165, 1.54) is 6.08 Å². The molecule has 0 unspecified atom stereocenters. The van der Waals surface area contributed by atoms with Crippen molar-refractivity contribution in [1.82, 2.24) is 20.1 Å². The number of carbonyl (C=O) groups is 2. The monoisotopic (exact) mass is 330 g/mol. The molecule has 1 atom stereocenters. The molecular weight excluding hydrogens is 304 g/mol. The van der Waals surface area contributed by atoms with Gasteiger partial charge in [-0.05, 0) is 44.0 Å². The van der Waals surface area contributed by atoms with Crippen LogP contribution in [0, 0.1) is 0 Å². The molecule has 6 nitrogen and oxygen atoms in total. The number of likely N-dealkylation sites (N-methyl/N-ethyl adjacent to an activating group) is 1. The number of rotatable bonds is 7. The summed E-state index contributed by atoms with van der Waals surface area (Å²) in [4.78, 5) is 31.9. The number of aromatic nitrogens is 1. The van der Waals surface area contributed by atoms with Crippen molar-refractivity contribution in [3.63, 3.8) is 0 Å². The van der Waals surface area contributed by atoms with E-state index in [-0.39, 0.29) is 17.9 Å². The third-order valence-corrected chi connectivity index (χ3v) is 4.10. The molecule has 1 aliphatic heterocycles. The maximum Gasteiger partial charge on any atom is 0.244 e. The minimum absolute atomic E-state index is 0.000229. The normalized spacial score (nSPS) is 18.0. The van der Waals surface area contributed by atoms with Gasteiger partial charge in [-0.1, -0.05) is 6.07 Å². The largest absolute Gasteiger partial charge is 0.353 e. The molecule has 1 aliphatic rings. The Morgan fingerprint density at radius 1 is 1.42 bits per heavy atom. The predicted octanol–water partition coefficient (Wildman–Crippen LogP) is 1.15. The van der Waals surface area contributed by atoms with Gasteiger partial charge in [-0.15, -0.1) is 0 Å². The lowest BCUT2D eigenvalue weighted by Crippen LogP contribution is -2.43. The number of amides is 2. The molecule has 1 saturated heterocycles. The Hall–Kier alpha value is -2.21. The summed E-state index contributed by atoms with van der Waals surface area (Å²) in [6.45, 7) is 2.39.